The molecule has 0 spiro atoms. The van der Waals surface area contributed by atoms with Crippen LogP contribution in [0.15, 0.2) is 78.4 Å². The highest BCUT2D eigenvalue weighted by Gasteiger charge is 2.48. The molecular weight excluding hydrogens is 479 g/mol. The van der Waals surface area contributed by atoms with Gasteiger partial charge in [0.25, 0.3) is 5.78 Å². The molecule has 2 heterocycles. The van der Waals surface area contributed by atoms with Crippen LogP contribution in [0.4, 0.5) is 9.52 Å². The molecular formula is C28H23FN2O4S. The third-order valence-electron chi connectivity index (χ3n) is 6.00. The number of carbonyl (C=O) groups excluding carboxylic acids is 2. The number of thiazole rings is 1. The number of rotatable bonds is 7. The largest absolute Gasteiger partial charge is 0.507 e. The predicted molar refractivity (Wildman–Crippen MR) is 138 cm³/mol. The first-order valence-electron chi connectivity index (χ1n) is 11.6. The molecule has 1 atom stereocenters. The van der Waals surface area contributed by atoms with Crippen LogP contribution < -0.4 is 9.64 Å². The first kappa shape index (κ1) is 23.7. The van der Waals surface area contributed by atoms with Crippen molar-refractivity contribution < 1.29 is 23.8 Å². The molecule has 6 nitrogen and oxygen atoms in total. The minimum atomic E-state index is -0.916. The van der Waals surface area contributed by atoms with Gasteiger partial charge in [-0.15, -0.1) is 0 Å². The summed E-state index contributed by atoms with van der Waals surface area (Å²) in [6.07, 6.45) is 1.94. The number of ether oxygens (including phenoxy) is 1. The zero-order valence-corrected chi connectivity index (χ0v) is 20.3. The lowest BCUT2D eigenvalue weighted by Gasteiger charge is -2.23. The molecule has 4 aromatic rings. The monoisotopic (exact) mass is 502 g/mol. The molecule has 1 aromatic heterocycles. The van der Waals surface area contributed by atoms with E-state index in [1.807, 2.05) is 0 Å². The van der Waals surface area contributed by atoms with Gasteiger partial charge in [0.05, 0.1) is 28.4 Å². The number of nitrogens with zero attached hydrogens (tertiary/aromatic N) is 2. The standard InChI is InChI=1S/C28H23FN2O4S/c1-2-3-15-35-20-12-9-17(10-13-20)24-23(25(32)18-7-5-4-6-8-18)26(33)27(34)31(24)28-30-21-14-11-19(29)16-22(21)36-28/h4-14,16,24,32H,2-3,15H2,1H3/b25-23+. The predicted octanol–water partition coefficient (Wildman–Crippen LogP) is 6.24. The summed E-state index contributed by atoms with van der Waals surface area (Å²) in [5.74, 6) is -1.63. The number of ketones is 1. The van der Waals surface area contributed by atoms with E-state index in [1.165, 1.54) is 23.1 Å². The maximum absolute atomic E-state index is 13.8. The molecule has 1 fully saturated rings. The summed E-state index contributed by atoms with van der Waals surface area (Å²) in [5, 5.41) is 11.4. The van der Waals surface area contributed by atoms with Gasteiger partial charge in [0.1, 0.15) is 17.3 Å². The summed E-state index contributed by atoms with van der Waals surface area (Å²) in [6, 6.07) is 19.0. The van der Waals surface area contributed by atoms with Gasteiger partial charge >= 0.3 is 5.91 Å². The van der Waals surface area contributed by atoms with Crippen LogP contribution in [0.2, 0.25) is 0 Å². The van der Waals surface area contributed by atoms with Crippen LogP contribution in [0.5, 0.6) is 5.75 Å². The van der Waals surface area contributed by atoms with Crippen molar-refractivity contribution in [2.45, 2.75) is 25.8 Å². The highest BCUT2D eigenvalue weighted by Crippen LogP contribution is 2.44. The lowest BCUT2D eigenvalue weighted by atomic mass is 9.95. The maximum Gasteiger partial charge on any atom is 0.301 e. The second kappa shape index (κ2) is 9.91. The Morgan fingerprint density at radius 3 is 2.56 bits per heavy atom. The van der Waals surface area contributed by atoms with Gasteiger partial charge in [0.15, 0.2) is 5.13 Å². The first-order valence-corrected chi connectivity index (χ1v) is 12.4. The fraction of sp³-hybridized carbons (Fsp3) is 0.179. The average Bonchev–Trinajstić information content (AvgIpc) is 3.42. The van der Waals surface area contributed by atoms with E-state index in [1.54, 1.807) is 54.6 Å². The number of benzene rings is 3. The molecule has 1 aliphatic heterocycles. The number of amides is 1. The number of unbranched alkanes of at least 4 members (excludes halogenated alkanes) is 1. The number of anilines is 1. The summed E-state index contributed by atoms with van der Waals surface area (Å²) in [4.78, 5) is 32.4. The van der Waals surface area contributed by atoms with Crippen molar-refractivity contribution in [2.24, 2.45) is 0 Å². The fourth-order valence-electron chi connectivity index (χ4n) is 4.17. The van der Waals surface area contributed by atoms with E-state index in [2.05, 4.69) is 11.9 Å². The Hall–Kier alpha value is -4.04. The molecule has 182 valence electrons. The Morgan fingerprint density at radius 1 is 1.08 bits per heavy atom. The molecule has 1 aliphatic rings. The van der Waals surface area contributed by atoms with Crippen LogP contribution in [0.1, 0.15) is 36.9 Å². The number of hydrogen-bond donors (Lipinski definition) is 1. The van der Waals surface area contributed by atoms with Crippen LogP contribution >= 0.6 is 11.3 Å². The van der Waals surface area contributed by atoms with Crippen molar-refractivity contribution in [3.8, 4) is 5.75 Å². The normalized spacial score (nSPS) is 17.2. The van der Waals surface area contributed by atoms with Gasteiger partial charge in [-0.05, 0) is 42.3 Å². The lowest BCUT2D eigenvalue weighted by Crippen LogP contribution is -2.29. The number of hydrogen-bond acceptors (Lipinski definition) is 6. The van der Waals surface area contributed by atoms with Crippen LogP contribution in [0.3, 0.4) is 0 Å². The molecule has 1 saturated heterocycles. The quantitative estimate of drug-likeness (QED) is 0.140. The Bertz CT molecular complexity index is 1460. The van der Waals surface area contributed by atoms with Gasteiger partial charge in [0, 0.05) is 5.56 Å². The van der Waals surface area contributed by atoms with Crippen LogP contribution in [-0.2, 0) is 9.59 Å². The van der Waals surface area contributed by atoms with Gasteiger partial charge in [0.2, 0.25) is 0 Å². The number of aliphatic hydroxyl groups excluding tert-OH is 1. The number of fused-ring (bicyclic) bond motifs is 1. The third kappa shape index (κ3) is 4.35. The minimum Gasteiger partial charge on any atom is -0.507 e. The zero-order valence-electron chi connectivity index (χ0n) is 19.5. The van der Waals surface area contributed by atoms with E-state index in [-0.39, 0.29) is 16.5 Å². The Balaban J connectivity index is 1.63. The van der Waals surface area contributed by atoms with E-state index in [0.29, 0.717) is 33.7 Å². The van der Waals surface area contributed by atoms with Gasteiger partial charge < -0.3 is 9.84 Å². The molecule has 36 heavy (non-hydrogen) atoms. The maximum atomic E-state index is 13.8. The van der Waals surface area contributed by atoms with Crippen molar-refractivity contribution in [3.05, 3.63) is 95.3 Å². The second-order valence-corrected chi connectivity index (χ2v) is 9.42. The van der Waals surface area contributed by atoms with Crippen LogP contribution in [-0.4, -0.2) is 28.4 Å². The number of halogens is 1. The van der Waals surface area contributed by atoms with Crippen molar-refractivity contribution in [3.63, 3.8) is 0 Å². The molecule has 0 bridgehead atoms. The number of carbonyl (C=O) groups is 2. The lowest BCUT2D eigenvalue weighted by molar-refractivity contribution is -0.132. The minimum absolute atomic E-state index is 0.0312. The van der Waals surface area contributed by atoms with E-state index >= 15 is 0 Å². The summed E-state index contributed by atoms with van der Waals surface area (Å²) in [5.41, 5.74) is 1.52. The van der Waals surface area contributed by atoms with E-state index in [4.69, 9.17) is 4.74 Å². The Morgan fingerprint density at radius 2 is 1.83 bits per heavy atom. The van der Waals surface area contributed by atoms with E-state index < -0.39 is 23.5 Å². The van der Waals surface area contributed by atoms with Crippen molar-refractivity contribution in [2.75, 3.05) is 11.5 Å². The van der Waals surface area contributed by atoms with Gasteiger partial charge in [-0.25, -0.2) is 9.37 Å². The second-order valence-electron chi connectivity index (χ2n) is 8.41. The first-order chi connectivity index (χ1) is 17.5. The van der Waals surface area contributed by atoms with Crippen molar-refractivity contribution >= 4 is 44.1 Å². The van der Waals surface area contributed by atoms with Gasteiger partial charge in [-0.3, -0.25) is 14.5 Å². The van der Waals surface area contributed by atoms with Crippen LogP contribution in [0.25, 0.3) is 16.0 Å². The summed E-state index contributed by atoms with van der Waals surface area (Å²) >= 11 is 1.11. The molecule has 5 rings (SSSR count). The average molecular weight is 503 g/mol. The highest BCUT2D eigenvalue weighted by molar-refractivity contribution is 7.22. The third-order valence-corrected chi connectivity index (χ3v) is 7.02. The number of aliphatic hydroxyl groups is 1. The molecule has 1 amide bonds. The topological polar surface area (TPSA) is 79.7 Å². The Labute approximate surface area is 211 Å². The van der Waals surface area contributed by atoms with Crippen LogP contribution in [0, 0.1) is 5.82 Å². The van der Waals surface area contributed by atoms with Gasteiger partial charge in [-0.1, -0.05) is 67.1 Å². The summed E-state index contributed by atoms with van der Waals surface area (Å²) in [6.45, 7) is 2.67. The van der Waals surface area contributed by atoms with E-state index in [0.717, 1.165) is 24.2 Å². The zero-order chi connectivity index (χ0) is 25.2. The summed E-state index contributed by atoms with van der Waals surface area (Å²) in [7, 11) is 0. The molecule has 0 saturated carbocycles. The number of aromatic nitrogens is 1. The molecule has 3 aromatic carbocycles. The molecule has 0 aliphatic carbocycles. The smallest absolute Gasteiger partial charge is 0.301 e. The fourth-order valence-corrected chi connectivity index (χ4v) is 5.18. The molecule has 8 heteroatoms. The molecule has 1 unspecified atom stereocenters. The van der Waals surface area contributed by atoms with Crippen molar-refractivity contribution in [1.82, 2.24) is 4.98 Å². The highest BCUT2D eigenvalue weighted by atomic mass is 32.1. The molecule has 0 radical (unpaired) electrons. The molecule has 1 N–H and O–H groups in total. The summed E-state index contributed by atoms with van der Waals surface area (Å²) < 4.78 is 20.1. The van der Waals surface area contributed by atoms with Gasteiger partial charge in [-0.2, -0.15) is 0 Å². The number of Topliss-reactive ketones (excluding diaryl/α,β-unsaturated/α-hetero) is 1. The van der Waals surface area contributed by atoms with Crippen molar-refractivity contribution in [1.29, 1.82) is 0 Å². The van der Waals surface area contributed by atoms with E-state index in [9.17, 15) is 19.1 Å². The SMILES string of the molecule is CCCCOc1ccc(C2/C(=C(\O)c3ccccc3)C(=O)C(=O)N2c2nc3ccc(F)cc3s2)cc1. The Kier molecular flexibility index (Phi) is 6.52.